The van der Waals surface area contributed by atoms with Crippen LogP contribution in [0.5, 0.6) is 0 Å². The van der Waals surface area contributed by atoms with E-state index in [1.54, 1.807) is 12.1 Å². The van der Waals surface area contributed by atoms with E-state index in [-0.39, 0.29) is 11.9 Å². The number of nitrogens with one attached hydrogen (secondary N) is 1. The van der Waals surface area contributed by atoms with E-state index in [1.165, 1.54) is 0 Å². The lowest BCUT2D eigenvalue weighted by Crippen LogP contribution is -2.56. The first kappa shape index (κ1) is 20.4. The molecule has 0 bridgehead atoms. The summed E-state index contributed by atoms with van der Waals surface area (Å²) in [5.74, 6) is -0.135. The molecule has 0 fully saturated rings. The topological polar surface area (TPSA) is 58.4 Å². The van der Waals surface area contributed by atoms with Crippen molar-refractivity contribution < 1.29 is 4.79 Å². The van der Waals surface area contributed by atoms with Crippen LogP contribution >= 0.6 is 34.8 Å². The predicted molar refractivity (Wildman–Crippen MR) is 113 cm³/mol. The van der Waals surface area contributed by atoms with Gasteiger partial charge in [0.15, 0.2) is 0 Å². The fraction of sp³-hybridized carbons (Fsp3) is 0.350. The maximum absolute atomic E-state index is 13.4. The number of hydrogen-bond acceptors (Lipinski definition) is 3. The van der Waals surface area contributed by atoms with Crippen LogP contribution in [0.4, 0.5) is 5.69 Å². The average Bonchev–Trinajstić information content (AvgIpc) is 2.84. The van der Waals surface area contributed by atoms with Gasteiger partial charge in [-0.3, -0.25) is 9.69 Å². The highest BCUT2D eigenvalue weighted by molar-refractivity contribution is 6.36. The first-order chi connectivity index (χ1) is 12.8. The van der Waals surface area contributed by atoms with Crippen molar-refractivity contribution in [3.63, 3.8) is 0 Å². The van der Waals surface area contributed by atoms with Gasteiger partial charge in [0.1, 0.15) is 5.54 Å². The third-order valence-corrected chi connectivity index (χ3v) is 5.68. The Labute approximate surface area is 174 Å². The Morgan fingerprint density at radius 2 is 1.89 bits per heavy atom. The number of rotatable bonds is 6. The van der Waals surface area contributed by atoms with Crippen molar-refractivity contribution >= 4 is 46.4 Å². The highest BCUT2D eigenvalue weighted by atomic mass is 35.5. The molecule has 0 radical (unpaired) electrons. The van der Waals surface area contributed by atoms with E-state index in [1.807, 2.05) is 38.1 Å². The molecule has 3 N–H and O–H groups in total. The molecule has 0 saturated heterocycles. The zero-order valence-corrected chi connectivity index (χ0v) is 17.5. The molecule has 0 saturated carbocycles. The second-order valence-electron chi connectivity index (χ2n) is 7.01. The molecule has 1 aliphatic rings. The Hall–Kier alpha value is -1.30. The third-order valence-electron chi connectivity index (χ3n) is 4.93. The summed E-state index contributed by atoms with van der Waals surface area (Å²) in [4.78, 5) is 15.5. The second-order valence-corrected chi connectivity index (χ2v) is 8.29. The lowest BCUT2D eigenvalue weighted by molar-refractivity contribution is -0.129. The molecule has 0 aromatic heterocycles. The van der Waals surface area contributed by atoms with Gasteiger partial charge in [-0.25, -0.2) is 0 Å². The minimum atomic E-state index is -0.991. The van der Waals surface area contributed by atoms with Gasteiger partial charge >= 0.3 is 0 Å². The Bertz CT molecular complexity index is 872. The number of nitrogens with two attached hydrogens (primary N) is 1. The monoisotopic (exact) mass is 425 g/mol. The minimum Gasteiger partial charge on any atom is -0.329 e. The molecule has 1 unspecified atom stereocenters. The molecule has 4 nitrogen and oxygen atoms in total. The molecule has 0 spiro atoms. The first-order valence-electron chi connectivity index (χ1n) is 8.82. The number of hydrogen-bond donors (Lipinski definition) is 2. The lowest BCUT2D eigenvalue weighted by atomic mass is 9.82. The number of amides is 1. The number of halogens is 3. The molecule has 2 aromatic rings. The molecule has 7 heteroatoms. The van der Waals surface area contributed by atoms with E-state index in [9.17, 15) is 4.79 Å². The van der Waals surface area contributed by atoms with Crippen LogP contribution in [-0.4, -0.2) is 29.9 Å². The highest BCUT2D eigenvalue weighted by Crippen LogP contribution is 2.48. The molecule has 144 valence electrons. The van der Waals surface area contributed by atoms with Crippen LogP contribution in [0.25, 0.3) is 0 Å². The highest BCUT2D eigenvalue weighted by Gasteiger charge is 2.53. The van der Waals surface area contributed by atoms with Crippen LogP contribution < -0.4 is 11.1 Å². The van der Waals surface area contributed by atoms with Gasteiger partial charge in [-0.05, 0) is 43.7 Å². The minimum absolute atomic E-state index is 0.0659. The van der Waals surface area contributed by atoms with Gasteiger partial charge < -0.3 is 11.1 Å². The molecule has 27 heavy (non-hydrogen) atoms. The molecular weight excluding hydrogens is 405 g/mol. The maximum Gasteiger partial charge on any atom is 0.250 e. The van der Waals surface area contributed by atoms with Crippen molar-refractivity contribution in [2.75, 3.05) is 18.4 Å². The van der Waals surface area contributed by atoms with Gasteiger partial charge in [0.05, 0.1) is 0 Å². The summed E-state index contributed by atoms with van der Waals surface area (Å²) in [5.41, 5.74) is 7.22. The van der Waals surface area contributed by atoms with Gasteiger partial charge in [0.25, 0.3) is 0 Å². The molecular formula is C20H22Cl3N3O. The summed E-state index contributed by atoms with van der Waals surface area (Å²) < 4.78 is 0. The summed E-state index contributed by atoms with van der Waals surface area (Å²) in [6, 6.07) is 11.0. The van der Waals surface area contributed by atoms with Crippen molar-refractivity contribution in [1.82, 2.24) is 4.90 Å². The van der Waals surface area contributed by atoms with Gasteiger partial charge in [0, 0.05) is 51.9 Å². The first-order valence-corrected chi connectivity index (χ1v) is 9.95. The molecule has 2 aromatic carbocycles. The smallest absolute Gasteiger partial charge is 0.250 e. The fourth-order valence-electron chi connectivity index (χ4n) is 3.95. The quantitative estimate of drug-likeness (QED) is 0.703. The fourth-order valence-corrected chi connectivity index (χ4v) is 4.81. The standard InChI is InChI=1S/C20H22Cl3N3O/c1-12(2)26(7-6-24)20(11-13-4-3-5-14(21)8-13)18-16(23)9-15(22)10-17(18)25-19(20)27/h3-5,8-10,12H,6-7,11,24H2,1-2H3,(H,25,27). The van der Waals surface area contributed by atoms with Crippen LogP contribution in [0.15, 0.2) is 36.4 Å². The van der Waals surface area contributed by atoms with Gasteiger partial charge in [-0.2, -0.15) is 0 Å². The van der Waals surface area contributed by atoms with E-state index in [0.29, 0.717) is 40.3 Å². The number of benzene rings is 2. The molecule has 1 heterocycles. The molecule has 0 aliphatic carbocycles. The Morgan fingerprint density at radius 1 is 1.15 bits per heavy atom. The van der Waals surface area contributed by atoms with Crippen molar-refractivity contribution in [2.24, 2.45) is 5.73 Å². The zero-order valence-electron chi connectivity index (χ0n) is 15.2. The van der Waals surface area contributed by atoms with Gasteiger partial charge in [-0.1, -0.05) is 46.9 Å². The van der Waals surface area contributed by atoms with Crippen LogP contribution in [0.2, 0.25) is 15.1 Å². The summed E-state index contributed by atoms with van der Waals surface area (Å²) in [6.07, 6.45) is 0.423. The molecule has 3 rings (SSSR count). The second kappa shape index (κ2) is 7.98. The van der Waals surface area contributed by atoms with Crippen LogP contribution in [0.1, 0.15) is 25.0 Å². The summed E-state index contributed by atoms with van der Waals surface area (Å²) >= 11 is 19.0. The van der Waals surface area contributed by atoms with Gasteiger partial charge in [-0.15, -0.1) is 0 Å². The van der Waals surface area contributed by atoms with Crippen molar-refractivity contribution in [3.8, 4) is 0 Å². The summed E-state index contributed by atoms with van der Waals surface area (Å²) in [6.45, 7) is 5.06. The zero-order chi connectivity index (χ0) is 19.8. The largest absolute Gasteiger partial charge is 0.329 e. The number of carbonyl (C=O) groups is 1. The van der Waals surface area contributed by atoms with E-state index < -0.39 is 5.54 Å². The molecule has 1 atom stereocenters. The van der Waals surface area contributed by atoms with Crippen LogP contribution in [0.3, 0.4) is 0 Å². The Morgan fingerprint density at radius 3 is 2.52 bits per heavy atom. The van der Waals surface area contributed by atoms with E-state index in [4.69, 9.17) is 40.5 Å². The van der Waals surface area contributed by atoms with Gasteiger partial charge in [0.2, 0.25) is 5.91 Å². The SMILES string of the molecule is CC(C)N(CCN)C1(Cc2cccc(Cl)c2)C(=O)Nc2cc(Cl)cc(Cl)c21. The number of carbonyl (C=O) groups excluding carboxylic acids is 1. The normalized spacial score (nSPS) is 18.9. The van der Waals surface area contributed by atoms with Crippen molar-refractivity contribution in [3.05, 3.63) is 62.6 Å². The lowest BCUT2D eigenvalue weighted by Gasteiger charge is -2.42. The van der Waals surface area contributed by atoms with Crippen molar-refractivity contribution in [1.29, 1.82) is 0 Å². The van der Waals surface area contributed by atoms with Crippen LogP contribution in [0, 0.1) is 0 Å². The number of fused-ring (bicyclic) bond motifs is 1. The molecule has 1 aliphatic heterocycles. The van der Waals surface area contributed by atoms with E-state index in [0.717, 1.165) is 11.1 Å². The Kier molecular flexibility index (Phi) is 6.04. The predicted octanol–water partition coefficient (Wildman–Crippen LogP) is 4.71. The van der Waals surface area contributed by atoms with Crippen LogP contribution in [-0.2, 0) is 16.8 Å². The van der Waals surface area contributed by atoms with Crippen molar-refractivity contribution in [2.45, 2.75) is 31.8 Å². The summed E-state index contributed by atoms with van der Waals surface area (Å²) in [7, 11) is 0. The van der Waals surface area contributed by atoms with E-state index in [2.05, 4.69) is 10.2 Å². The third kappa shape index (κ3) is 3.69. The molecule has 1 amide bonds. The van der Waals surface area contributed by atoms with E-state index >= 15 is 0 Å². The summed E-state index contributed by atoms with van der Waals surface area (Å²) in [5, 5.41) is 4.54. The number of anilines is 1. The Balaban J connectivity index is 2.24. The number of nitrogens with zero attached hydrogens (tertiary/aromatic N) is 1. The average molecular weight is 427 g/mol. The maximum atomic E-state index is 13.4.